The molecule has 2 aromatic carbocycles. The molecule has 0 saturated carbocycles. The van der Waals surface area contributed by atoms with Gasteiger partial charge < -0.3 is 0 Å². The first-order chi connectivity index (χ1) is 10.1. The summed E-state index contributed by atoms with van der Waals surface area (Å²) in [7, 11) is 0. The van der Waals surface area contributed by atoms with Gasteiger partial charge in [-0.15, -0.1) is 11.8 Å². The Bertz CT molecular complexity index is 610. The molecule has 2 aromatic rings. The second-order valence-corrected chi connectivity index (χ2v) is 5.96. The molecule has 0 aliphatic carbocycles. The van der Waals surface area contributed by atoms with Crippen LogP contribution in [0.2, 0.25) is 5.02 Å². The lowest BCUT2D eigenvalue weighted by molar-refractivity contribution is 0.569. The summed E-state index contributed by atoms with van der Waals surface area (Å²) in [4.78, 5) is 0.558. The molecule has 0 saturated heterocycles. The highest BCUT2D eigenvalue weighted by atomic mass is 35.5. The fourth-order valence-electron chi connectivity index (χ4n) is 1.89. The van der Waals surface area contributed by atoms with Crippen molar-refractivity contribution < 1.29 is 8.78 Å². The van der Waals surface area contributed by atoms with E-state index in [1.165, 1.54) is 23.9 Å². The number of halogens is 3. The van der Waals surface area contributed by atoms with Crippen molar-refractivity contribution in [1.29, 1.82) is 0 Å². The normalized spacial score (nSPS) is 12.4. The van der Waals surface area contributed by atoms with Crippen molar-refractivity contribution >= 4 is 23.4 Å². The zero-order valence-corrected chi connectivity index (χ0v) is 12.7. The van der Waals surface area contributed by atoms with Crippen LogP contribution < -0.4 is 11.3 Å². The number of benzene rings is 2. The van der Waals surface area contributed by atoms with Crippen molar-refractivity contribution in [3.8, 4) is 0 Å². The van der Waals surface area contributed by atoms with Crippen LogP contribution in [0.3, 0.4) is 0 Å². The van der Waals surface area contributed by atoms with Gasteiger partial charge in [0.05, 0.1) is 5.02 Å². The van der Waals surface area contributed by atoms with Crippen LogP contribution in [0.15, 0.2) is 47.4 Å². The summed E-state index contributed by atoms with van der Waals surface area (Å²) >= 11 is 7.28. The Labute approximate surface area is 131 Å². The molecule has 0 fully saturated rings. The van der Waals surface area contributed by atoms with Gasteiger partial charge in [0.1, 0.15) is 11.6 Å². The zero-order chi connectivity index (χ0) is 15.2. The van der Waals surface area contributed by atoms with Crippen molar-refractivity contribution in [3.05, 3.63) is 64.7 Å². The minimum atomic E-state index is -0.452. The average molecular weight is 329 g/mol. The first-order valence-corrected chi connectivity index (χ1v) is 7.74. The molecular formula is C15H15ClF2N2S. The van der Waals surface area contributed by atoms with E-state index in [0.717, 1.165) is 0 Å². The third-order valence-electron chi connectivity index (χ3n) is 3.01. The molecule has 0 aliphatic heterocycles. The Kier molecular flexibility index (Phi) is 5.99. The number of hydrogen-bond acceptors (Lipinski definition) is 3. The van der Waals surface area contributed by atoms with Crippen LogP contribution in [-0.4, -0.2) is 11.8 Å². The van der Waals surface area contributed by atoms with Gasteiger partial charge >= 0.3 is 0 Å². The summed E-state index contributed by atoms with van der Waals surface area (Å²) < 4.78 is 26.9. The number of rotatable bonds is 6. The molecule has 2 rings (SSSR count). The van der Waals surface area contributed by atoms with Crippen molar-refractivity contribution in [2.45, 2.75) is 17.4 Å². The molecule has 0 aliphatic rings. The third-order valence-corrected chi connectivity index (χ3v) is 4.64. The van der Waals surface area contributed by atoms with Crippen molar-refractivity contribution in [1.82, 2.24) is 5.43 Å². The van der Waals surface area contributed by atoms with Crippen LogP contribution in [0, 0.1) is 11.6 Å². The molecule has 0 amide bonds. The molecule has 3 N–H and O–H groups in total. The van der Waals surface area contributed by atoms with E-state index < -0.39 is 5.82 Å². The maximum absolute atomic E-state index is 13.5. The fraction of sp³-hybridized carbons (Fsp3) is 0.200. The van der Waals surface area contributed by atoms with Gasteiger partial charge in [-0.2, -0.15) is 0 Å². The standard InChI is InChI=1S/C15H15ClF2N2S/c16-15-10(4-3-6-13(15)18)8-11(20-19)9-21-14-7-2-1-5-12(14)17/h1-7,11,20H,8-9,19H2. The number of nitrogens with one attached hydrogen (secondary N) is 1. The lowest BCUT2D eigenvalue weighted by Crippen LogP contribution is -2.38. The topological polar surface area (TPSA) is 38.0 Å². The van der Waals surface area contributed by atoms with E-state index in [-0.39, 0.29) is 16.9 Å². The van der Waals surface area contributed by atoms with E-state index in [2.05, 4.69) is 5.43 Å². The Morgan fingerprint density at radius 3 is 2.52 bits per heavy atom. The lowest BCUT2D eigenvalue weighted by atomic mass is 10.1. The summed E-state index contributed by atoms with van der Waals surface area (Å²) in [6, 6.07) is 11.1. The molecule has 2 nitrogen and oxygen atoms in total. The van der Waals surface area contributed by atoms with Gasteiger partial charge in [0.2, 0.25) is 0 Å². The number of thioether (sulfide) groups is 1. The van der Waals surface area contributed by atoms with Crippen molar-refractivity contribution in [2.24, 2.45) is 5.84 Å². The highest BCUT2D eigenvalue weighted by Crippen LogP contribution is 2.25. The maximum atomic E-state index is 13.5. The minimum Gasteiger partial charge on any atom is -0.271 e. The first kappa shape index (κ1) is 16.2. The zero-order valence-electron chi connectivity index (χ0n) is 11.2. The molecule has 0 aromatic heterocycles. The Morgan fingerprint density at radius 2 is 1.81 bits per heavy atom. The molecular weight excluding hydrogens is 314 g/mol. The quantitative estimate of drug-likeness (QED) is 0.481. The summed E-state index contributed by atoms with van der Waals surface area (Å²) in [5, 5.41) is 0.105. The van der Waals surface area contributed by atoms with Gasteiger partial charge in [0.25, 0.3) is 0 Å². The average Bonchev–Trinajstić information content (AvgIpc) is 2.49. The maximum Gasteiger partial charge on any atom is 0.142 e. The Hall–Kier alpha value is -1.14. The van der Waals surface area contributed by atoms with Gasteiger partial charge in [0, 0.05) is 16.7 Å². The second kappa shape index (κ2) is 7.75. The van der Waals surface area contributed by atoms with E-state index in [9.17, 15) is 8.78 Å². The van der Waals surface area contributed by atoms with Crippen LogP contribution in [0.5, 0.6) is 0 Å². The van der Waals surface area contributed by atoms with Gasteiger partial charge in [-0.3, -0.25) is 11.3 Å². The number of nitrogens with two attached hydrogens (primary N) is 1. The van der Waals surface area contributed by atoms with E-state index >= 15 is 0 Å². The predicted molar refractivity (Wildman–Crippen MR) is 83.3 cm³/mol. The minimum absolute atomic E-state index is 0.105. The molecule has 1 atom stereocenters. The van der Waals surface area contributed by atoms with Crippen LogP contribution >= 0.6 is 23.4 Å². The van der Waals surface area contributed by atoms with Gasteiger partial charge in [-0.25, -0.2) is 8.78 Å². The molecule has 1 unspecified atom stereocenters. The summed E-state index contributed by atoms with van der Waals surface area (Å²) in [5.74, 6) is 5.35. The Balaban J connectivity index is 2.01. The molecule has 0 spiro atoms. The SMILES string of the molecule is NNC(CSc1ccccc1F)Cc1cccc(F)c1Cl. The molecule has 0 bridgehead atoms. The number of hydrazine groups is 1. The summed E-state index contributed by atoms with van der Waals surface area (Å²) in [6.07, 6.45) is 0.467. The van der Waals surface area contributed by atoms with Crippen LogP contribution in [0.1, 0.15) is 5.56 Å². The van der Waals surface area contributed by atoms with Crippen molar-refractivity contribution in [3.63, 3.8) is 0 Å². The molecule has 112 valence electrons. The molecule has 0 heterocycles. The highest BCUT2D eigenvalue weighted by molar-refractivity contribution is 7.99. The van der Waals surface area contributed by atoms with Crippen LogP contribution in [-0.2, 0) is 6.42 Å². The summed E-state index contributed by atoms with van der Waals surface area (Å²) in [5.41, 5.74) is 3.34. The summed E-state index contributed by atoms with van der Waals surface area (Å²) in [6.45, 7) is 0. The number of hydrogen-bond donors (Lipinski definition) is 2. The van der Waals surface area contributed by atoms with Crippen LogP contribution in [0.25, 0.3) is 0 Å². The molecule has 0 radical (unpaired) electrons. The third kappa shape index (κ3) is 4.41. The first-order valence-electron chi connectivity index (χ1n) is 6.38. The van der Waals surface area contributed by atoms with Crippen molar-refractivity contribution in [2.75, 3.05) is 5.75 Å². The van der Waals surface area contributed by atoms with Crippen LogP contribution in [0.4, 0.5) is 8.78 Å². The van der Waals surface area contributed by atoms with Gasteiger partial charge in [-0.05, 0) is 30.2 Å². The monoisotopic (exact) mass is 328 g/mol. The lowest BCUT2D eigenvalue weighted by Gasteiger charge is -2.16. The van der Waals surface area contributed by atoms with Gasteiger partial charge in [0.15, 0.2) is 0 Å². The van der Waals surface area contributed by atoms with Gasteiger partial charge in [-0.1, -0.05) is 35.9 Å². The largest absolute Gasteiger partial charge is 0.271 e. The van der Waals surface area contributed by atoms with E-state index in [0.29, 0.717) is 22.6 Å². The molecule has 21 heavy (non-hydrogen) atoms. The predicted octanol–water partition coefficient (Wildman–Crippen LogP) is 3.78. The van der Waals surface area contributed by atoms with E-state index in [1.807, 2.05) is 0 Å². The Morgan fingerprint density at radius 1 is 1.10 bits per heavy atom. The van der Waals surface area contributed by atoms with E-state index in [1.54, 1.807) is 30.3 Å². The smallest absolute Gasteiger partial charge is 0.142 e. The highest BCUT2D eigenvalue weighted by Gasteiger charge is 2.13. The fourth-order valence-corrected chi connectivity index (χ4v) is 3.07. The second-order valence-electron chi connectivity index (χ2n) is 4.52. The van der Waals surface area contributed by atoms with E-state index in [4.69, 9.17) is 17.4 Å². The molecule has 6 heteroatoms.